The quantitative estimate of drug-likeness (QED) is 0.526. The summed E-state index contributed by atoms with van der Waals surface area (Å²) in [6, 6.07) is 20.9. The maximum absolute atomic E-state index is 4.45. The van der Waals surface area contributed by atoms with Crippen LogP contribution in [0.5, 0.6) is 0 Å². The lowest BCUT2D eigenvalue weighted by Gasteiger charge is -1.88. The fourth-order valence-corrected chi connectivity index (χ4v) is 2.42. The predicted octanol–water partition coefficient (Wildman–Crippen LogP) is 3.72. The van der Waals surface area contributed by atoms with Crippen molar-refractivity contribution in [2.45, 2.75) is 0 Å². The van der Waals surface area contributed by atoms with Gasteiger partial charge in [-0.3, -0.25) is 5.32 Å². The largest absolute Gasteiger partial charge is 0.290 e. The van der Waals surface area contributed by atoms with Crippen LogP contribution >= 0.6 is 11.3 Å². The van der Waals surface area contributed by atoms with E-state index >= 15 is 0 Å². The normalized spacial score (nSPS) is 9.78. The summed E-state index contributed by atoms with van der Waals surface area (Å²) in [5.74, 6) is 3.04. The molecule has 1 N–H and O–H groups in total. The number of anilines is 1. The van der Waals surface area contributed by atoms with Crippen LogP contribution in [0.2, 0.25) is 0 Å². The van der Waals surface area contributed by atoms with Crippen molar-refractivity contribution in [1.82, 2.24) is 4.98 Å². The Hall–Kier alpha value is -2.31. The van der Waals surface area contributed by atoms with Crippen LogP contribution in [0.15, 0.2) is 54.6 Å². The molecule has 0 aliphatic rings. The molecule has 0 unspecified atom stereocenters. The van der Waals surface area contributed by atoms with Crippen molar-refractivity contribution in [1.29, 1.82) is 0 Å². The Bertz CT molecular complexity index is 687. The predicted molar refractivity (Wildman–Crippen MR) is 76.6 cm³/mol. The highest BCUT2D eigenvalue weighted by Gasteiger charge is 1.99. The van der Waals surface area contributed by atoms with Crippen LogP contribution in [-0.2, 0) is 0 Å². The summed E-state index contributed by atoms with van der Waals surface area (Å²) in [7, 11) is 0. The van der Waals surface area contributed by atoms with Gasteiger partial charge in [0.15, 0.2) is 5.13 Å². The van der Waals surface area contributed by atoms with Crippen LogP contribution in [0.25, 0.3) is 10.2 Å². The number of thiazole rings is 1. The van der Waals surface area contributed by atoms with E-state index in [-0.39, 0.29) is 0 Å². The minimum atomic E-state index is 0.833. The number of hydrogen-bond acceptors (Lipinski definition) is 3. The van der Waals surface area contributed by atoms with Crippen molar-refractivity contribution in [2.75, 3.05) is 5.32 Å². The number of aromatic nitrogens is 1. The van der Waals surface area contributed by atoms with Crippen molar-refractivity contribution >= 4 is 26.7 Å². The lowest BCUT2D eigenvalue weighted by atomic mass is 10.2. The number of nitrogens with zero attached hydrogens (tertiary/aromatic N) is 1. The van der Waals surface area contributed by atoms with Gasteiger partial charge in [-0.2, -0.15) is 0 Å². The zero-order chi connectivity index (χ0) is 12.2. The van der Waals surface area contributed by atoms with Gasteiger partial charge in [0.05, 0.1) is 10.2 Å². The number of para-hydroxylation sites is 1. The number of fused-ring (bicyclic) bond motifs is 1. The van der Waals surface area contributed by atoms with Crippen LogP contribution in [0.4, 0.5) is 5.13 Å². The lowest BCUT2D eigenvalue weighted by molar-refractivity contribution is 1.47. The van der Waals surface area contributed by atoms with Gasteiger partial charge in [0.1, 0.15) is 0 Å². The molecule has 0 aliphatic carbocycles. The van der Waals surface area contributed by atoms with Crippen molar-refractivity contribution in [3.05, 3.63) is 60.2 Å². The first kappa shape index (κ1) is 10.8. The second-order valence-electron chi connectivity index (χ2n) is 3.73. The Morgan fingerprint density at radius 2 is 1.72 bits per heavy atom. The van der Waals surface area contributed by atoms with E-state index in [1.165, 1.54) is 4.70 Å². The van der Waals surface area contributed by atoms with Crippen LogP contribution in [0, 0.1) is 12.0 Å². The highest BCUT2D eigenvalue weighted by molar-refractivity contribution is 7.22. The van der Waals surface area contributed by atoms with Gasteiger partial charge >= 0.3 is 0 Å². The van der Waals surface area contributed by atoms with Crippen LogP contribution in [0.3, 0.4) is 0 Å². The smallest absolute Gasteiger partial charge is 0.195 e. The van der Waals surface area contributed by atoms with Gasteiger partial charge in [0.2, 0.25) is 0 Å². The molecule has 1 aromatic heterocycles. The maximum atomic E-state index is 4.45. The molecule has 0 bridgehead atoms. The summed E-state index contributed by atoms with van der Waals surface area (Å²) in [4.78, 5) is 4.45. The number of hydrogen-bond donors (Lipinski definition) is 1. The van der Waals surface area contributed by atoms with E-state index in [1.807, 2.05) is 48.5 Å². The molecule has 3 rings (SSSR count). The molecular weight excluding hydrogens is 240 g/mol. The van der Waals surface area contributed by atoms with E-state index in [4.69, 9.17) is 0 Å². The van der Waals surface area contributed by atoms with Gasteiger partial charge in [0, 0.05) is 11.6 Å². The molecule has 1 heterocycles. The summed E-state index contributed by atoms with van der Waals surface area (Å²) in [5, 5.41) is 3.86. The van der Waals surface area contributed by atoms with Crippen molar-refractivity contribution in [2.24, 2.45) is 0 Å². The SMILES string of the molecule is C(#Cc1ccccc1)Nc1nc2ccccc2s1. The highest BCUT2D eigenvalue weighted by atomic mass is 32.1. The van der Waals surface area contributed by atoms with E-state index < -0.39 is 0 Å². The topological polar surface area (TPSA) is 24.9 Å². The van der Waals surface area contributed by atoms with E-state index in [0.717, 1.165) is 16.2 Å². The molecule has 2 aromatic carbocycles. The molecule has 86 valence electrons. The molecule has 0 amide bonds. The fourth-order valence-electron chi connectivity index (χ4n) is 1.60. The van der Waals surface area contributed by atoms with Gasteiger partial charge in [-0.1, -0.05) is 41.7 Å². The Kier molecular flexibility index (Phi) is 2.95. The molecular formula is C15H10N2S. The first-order valence-corrected chi connectivity index (χ1v) is 6.41. The molecule has 0 fully saturated rings. The van der Waals surface area contributed by atoms with Crippen LogP contribution in [0.1, 0.15) is 5.56 Å². The van der Waals surface area contributed by atoms with Crippen LogP contribution in [-0.4, -0.2) is 4.98 Å². The summed E-state index contributed by atoms with van der Waals surface area (Å²) in [5.41, 5.74) is 2.00. The Morgan fingerprint density at radius 1 is 0.944 bits per heavy atom. The molecule has 0 atom stereocenters. The number of nitrogens with one attached hydrogen (secondary N) is 1. The number of rotatable bonds is 1. The average molecular weight is 250 g/mol. The van der Waals surface area contributed by atoms with E-state index in [1.54, 1.807) is 11.3 Å². The minimum Gasteiger partial charge on any atom is -0.290 e. The third-order valence-electron chi connectivity index (χ3n) is 2.44. The molecule has 2 nitrogen and oxygen atoms in total. The first-order valence-electron chi connectivity index (χ1n) is 5.59. The standard InChI is InChI=1S/C15H10N2S/c1-2-6-12(7-3-1)10-11-16-15-17-13-8-4-5-9-14(13)18-15/h1-9H,(H,16,17). The summed E-state index contributed by atoms with van der Waals surface area (Å²) in [6.07, 6.45) is 0. The lowest BCUT2D eigenvalue weighted by Crippen LogP contribution is -1.86. The zero-order valence-electron chi connectivity index (χ0n) is 9.55. The van der Waals surface area contributed by atoms with E-state index in [0.29, 0.717) is 0 Å². The van der Waals surface area contributed by atoms with Gasteiger partial charge in [-0.05, 0) is 30.2 Å². The Balaban J connectivity index is 1.79. The molecule has 3 heteroatoms. The molecule has 0 saturated carbocycles. The van der Waals surface area contributed by atoms with Crippen LogP contribution < -0.4 is 5.32 Å². The van der Waals surface area contributed by atoms with Crippen molar-refractivity contribution in [3.8, 4) is 12.0 Å². The minimum absolute atomic E-state index is 0.833. The van der Waals surface area contributed by atoms with Crippen molar-refractivity contribution < 1.29 is 0 Å². The third kappa shape index (κ3) is 2.34. The van der Waals surface area contributed by atoms with Gasteiger partial charge < -0.3 is 0 Å². The third-order valence-corrected chi connectivity index (χ3v) is 3.40. The Labute approximate surface area is 109 Å². The molecule has 0 spiro atoms. The molecule has 18 heavy (non-hydrogen) atoms. The second-order valence-corrected chi connectivity index (χ2v) is 4.76. The Morgan fingerprint density at radius 3 is 2.56 bits per heavy atom. The second kappa shape index (κ2) is 4.91. The average Bonchev–Trinajstić information content (AvgIpc) is 2.82. The van der Waals surface area contributed by atoms with E-state index in [9.17, 15) is 0 Å². The highest BCUT2D eigenvalue weighted by Crippen LogP contribution is 2.24. The molecule has 0 aliphatic heterocycles. The molecule has 3 aromatic rings. The molecule has 0 radical (unpaired) electrons. The summed E-state index contributed by atoms with van der Waals surface area (Å²) < 4.78 is 1.17. The fraction of sp³-hybridized carbons (Fsp3) is 0. The zero-order valence-corrected chi connectivity index (χ0v) is 10.4. The maximum Gasteiger partial charge on any atom is 0.195 e. The van der Waals surface area contributed by atoms with Gasteiger partial charge in [-0.15, -0.1) is 0 Å². The van der Waals surface area contributed by atoms with Gasteiger partial charge in [0.25, 0.3) is 0 Å². The number of benzene rings is 2. The summed E-state index contributed by atoms with van der Waals surface area (Å²) in [6.45, 7) is 0. The van der Waals surface area contributed by atoms with Gasteiger partial charge in [-0.25, -0.2) is 4.98 Å². The van der Waals surface area contributed by atoms with Crippen molar-refractivity contribution in [3.63, 3.8) is 0 Å². The monoisotopic (exact) mass is 250 g/mol. The molecule has 0 saturated heterocycles. The first-order chi connectivity index (χ1) is 8.92. The van der Waals surface area contributed by atoms with E-state index in [2.05, 4.69) is 28.3 Å². The summed E-state index contributed by atoms with van der Waals surface area (Å²) >= 11 is 1.61.